The lowest BCUT2D eigenvalue weighted by atomic mass is 9.79. The maximum atomic E-state index is 11.5. The summed E-state index contributed by atoms with van der Waals surface area (Å²) in [6.07, 6.45) is 6.09. The van der Waals surface area contributed by atoms with Gasteiger partial charge in [0.2, 0.25) is 5.91 Å². The Morgan fingerprint density at radius 2 is 2.35 bits per heavy atom. The molecule has 1 aliphatic rings. The third-order valence-electron chi connectivity index (χ3n) is 3.93. The van der Waals surface area contributed by atoms with Crippen molar-refractivity contribution in [3.8, 4) is 0 Å². The number of piperidine rings is 1. The van der Waals surface area contributed by atoms with Crippen LogP contribution in [-0.2, 0) is 4.79 Å². The number of hydrogen-bond acceptors (Lipinski definition) is 4. The third kappa shape index (κ3) is 3.39. The van der Waals surface area contributed by atoms with Crippen LogP contribution in [0.25, 0.3) is 0 Å². The van der Waals surface area contributed by atoms with E-state index in [1.807, 2.05) is 13.8 Å². The monoisotopic (exact) mass is 296 g/mol. The quantitative estimate of drug-likeness (QED) is 0.925. The highest BCUT2D eigenvalue weighted by Gasteiger charge is 2.31. The fourth-order valence-corrected chi connectivity index (χ4v) is 3.01. The van der Waals surface area contributed by atoms with Crippen LogP contribution in [0.2, 0.25) is 5.02 Å². The Balaban J connectivity index is 2.06. The van der Waals surface area contributed by atoms with Gasteiger partial charge >= 0.3 is 0 Å². The first kappa shape index (κ1) is 15.0. The fourth-order valence-electron chi connectivity index (χ4n) is 2.79. The lowest BCUT2D eigenvalue weighted by molar-refractivity contribution is -0.126. The standard InChI is InChI=1S/C14H21ClN4O/c1-14(2,13(16)20)6-10-4-3-5-19(8-10)12-11(15)7-17-9-18-12/h7,9-10H,3-6,8H2,1-2H3,(H2,16,20). The Kier molecular flexibility index (Phi) is 4.48. The first-order valence-corrected chi connectivity index (χ1v) is 7.28. The highest BCUT2D eigenvalue weighted by atomic mass is 35.5. The summed E-state index contributed by atoms with van der Waals surface area (Å²) in [6, 6.07) is 0. The highest BCUT2D eigenvalue weighted by Crippen LogP contribution is 2.33. The van der Waals surface area contributed by atoms with Crippen LogP contribution in [0.15, 0.2) is 12.5 Å². The number of nitrogens with zero attached hydrogens (tertiary/aromatic N) is 3. The van der Waals surface area contributed by atoms with E-state index in [1.54, 1.807) is 6.20 Å². The molecule has 6 heteroatoms. The van der Waals surface area contributed by atoms with E-state index in [0.717, 1.165) is 38.2 Å². The van der Waals surface area contributed by atoms with E-state index >= 15 is 0 Å². The van der Waals surface area contributed by atoms with Gasteiger partial charge in [-0.3, -0.25) is 4.79 Å². The lowest BCUT2D eigenvalue weighted by Gasteiger charge is -2.36. The molecule has 1 fully saturated rings. The lowest BCUT2D eigenvalue weighted by Crippen LogP contribution is -2.40. The highest BCUT2D eigenvalue weighted by molar-refractivity contribution is 6.32. The van der Waals surface area contributed by atoms with Gasteiger partial charge in [0.15, 0.2) is 5.82 Å². The maximum Gasteiger partial charge on any atom is 0.223 e. The fraction of sp³-hybridized carbons (Fsp3) is 0.643. The predicted molar refractivity (Wildman–Crippen MR) is 79.6 cm³/mol. The summed E-state index contributed by atoms with van der Waals surface area (Å²) < 4.78 is 0. The Labute approximate surface area is 124 Å². The van der Waals surface area contributed by atoms with Crippen LogP contribution < -0.4 is 10.6 Å². The van der Waals surface area contributed by atoms with Crippen LogP contribution >= 0.6 is 11.6 Å². The van der Waals surface area contributed by atoms with Gasteiger partial charge in [-0.15, -0.1) is 0 Å². The summed E-state index contributed by atoms with van der Waals surface area (Å²) in [6.45, 7) is 5.61. The summed E-state index contributed by atoms with van der Waals surface area (Å²) in [5.74, 6) is 0.968. The molecule has 1 aliphatic heterocycles. The topological polar surface area (TPSA) is 72.1 Å². The Morgan fingerprint density at radius 3 is 3.00 bits per heavy atom. The van der Waals surface area contributed by atoms with Gasteiger partial charge in [0.05, 0.1) is 6.20 Å². The van der Waals surface area contributed by atoms with Crippen molar-refractivity contribution in [2.75, 3.05) is 18.0 Å². The van der Waals surface area contributed by atoms with Crippen molar-refractivity contribution in [3.05, 3.63) is 17.5 Å². The van der Waals surface area contributed by atoms with Crippen LogP contribution in [0.3, 0.4) is 0 Å². The third-order valence-corrected chi connectivity index (χ3v) is 4.20. The average Bonchev–Trinajstić information content (AvgIpc) is 2.39. The van der Waals surface area contributed by atoms with E-state index < -0.39 is 5.41 Å². The molecule has 2 N–H and O–H groups in total. The number of nitrogens with two attached hydrogens (primary N) is 1. The Hall–Kier alpha value is -1.36. The second kappa shape index (κ2) is 5.95. The molecule has 110 valence electrons. The van der Waals surface area contributed by atoms with Crippen LogP contribution in [0.1, 0.15) is 33.1 Å². The Morgan fingerprint density at radius 1 is 1.60 bits per heavy atom. The molecule has 1 unspecified atom stereocenters. The van der Waals surface area contributed by atoms with Crippen LogP contribution in [0.5, 0.6) is 0 Å². The zero-order valence-electron chi connectivity index (χ0n) is 12.0. The molecule has 1 amide bonds. The normalized spacial score (nSPS) is 19.9. The van der Waals surface area contributed by atoms with Crippen molar-refractivity contribution in [1.82, 2.24) is 9.97 Å². The predicted octanol–water partition coefficient (Wildman–Crippen LogP) is 2.25. The number of anilines is 1. The molecular weight excluding hydrogens is 276 g/mol. The van der Waals surface area contributed by atoms with Gasteiger partial charge in [-0.05, 0) is 25.2 Å². The van der Waals surface area contributed by atoms with Gasteiger partial charge in [0, 0.05) is 18.5 Å². The van der Waals surface area contributed by atoms with E-state index in [9.17, 15) is 4.79 Å². The molecule has 0 saturated carbocycles. The molecule has 1 aromatic rings. The van der Waals surface area contributed by atoms with Gasteiger partial charge in [-0.2, -0.15) is 0 Å². The van der Waals surface area contributed by atoms with E-state index in [0.29, 0.717) is 10.9 Å². The average molecular weight is 297 g/mol. The maximum absolute atomic E-state index is 11.5. The zero-order chi connectivity index (χ0) is 14.8. The minimum atomic E-state index is -0.469. The van der Waals surface area contributed by atoms with Crippen molar-refractivity contribution >= 4 is 23.3 Å². The minimum absolute atomic E-state index is 0.241. The number of rotatable bonds is 4. The van der Waals surface area contributed by atoms with Gasteiger partial charge in [-0.25, -0.2) is 9.97 Å². The molecule has 0 aromatic carbocycles. The molecule has 2 rings (SSSR count). The van der Waals surface area contributed by atoms with Crippen molar-refractivity contribution in [2.45, 2.75) is 33.1 Å². The van der Waals surface area contributed by atoms with Crippen molar-refractivity contribution in [2.24, 2.45) is 17.1 Å². The molecule has 5 nitrogen and oxygen atoms in total. The van der Waals surface area contributed by atoms with Crippen molar-refractivity contribution in [3.63, 3.8) is 0 Å². The molecule has 1 aromatic heterocycles. The first-order valence-electron chi connectivity index (χ1n) is 6.90. The Bertz CT molecular complexity index is 492. The SMILES string of the molecule is CC(C)(CC1CCCN(c2ncncc2Cl)C1)C(N)=O. The number of primary amides is 1. The summed E-state index contributed by atoms with van der Waals surface area (Å²) in [5, 5.41) is 0.572. The molecule has 0 spiro atoms. The molecule has 0 radical (unpaired) electrons. The zero-order valence-corrected chi connectivity index (χ0v) is 12.7. The molecular formula is C14H21ClN4O. The molecule has 0 bridgehead atoms. The van der Waals surface area contributed by atoms with Crippen molar-refractivity contribution < 1.29 is 4.79 Å². The first-order chi connectivity index (χ1) is 9.40. The number of carbonyl (C=O) groups excluding carboxylic acids is 1. The van der Waals surface area contributed by atoms with Crippen LogP contribution in [0, 0.1) is 11.3 Å². The molecule has 0 aliphatic carbocycles. The van der Waals surface area contributed by atoms with E-state index in [2.05, 4.69) is 14.9 Å². The van der Waals surface area contributed by atoms with Crippen molar-refractivity contribution in [1.29, 1.82) is 0 Å². The number of hydrogen-bond donors (Lipinski definition) is 1. The van der Waals surface area contributed by atoms with E-state index in [-0.39, 0.29) is 5.91 Å². The molecule has 2 heterocycles. The van der Waals surface area contributed by atoms with E-state index in [1.165, 1.54) is 6.33 Å². The largest absolute Gasteiger partial charge is 0.369 e. The minimum Gasteiger partial charge on any atom is -0.369 e. The number of halogens is 1. The molecule has 20 heavy (non-hydrogen) atoms. The smallest absolute Gasteiger partial charge is 0.223 e. The molecule has 1 saturated heterocycles. The van der Waals surface area contributed by atoms with Gasteiger partial charge < -0.3 is 10.6 Å². The summed E-state index contributed by atoms with van der Waals surface area (Å²) >= 11 is 6.15. The summed E-state index contributed by atoms with van der Waals surface area (Å²) in [7, 11) is 0. The van der Waals surface area contributed by atoms with Gasteiger partial charge in [0.25, 0.3) is 0 Å². The summed E-state index contributed by atoms with van der Waals surface area (Å²) in [4.78, 5) is 21.8. The number of aromatic nitrogens is 2. The second-order valence-corrected chi connectivity index (χ2v) is 6.51. The second-order valence-electron chi connectivity index (χ2n) is 6.10. The number of carbonyl (C=O) groups is 1. The van der Waals surface area contributed by atoms with E-state index in [4.69, 9.17) is 17.3 Å². The summed E-state index contributed by atoms with van der Waals surface area (Å²) in [5.41, 5.74) is 4.99. The van der Waals surface area contributed by atoms with Gasteiger partial charge in [-0.1, -0.05) is 25.4 Å². The number of amides is 1. The molecule has 1 atom stereocenters. The van der Waals surface area contributed by atoms with Crippen LogP contribution in [-0.4, -0.2) is 29.0 Å². The van der Waals surface area contributed by atoms with Crippen LogP contribution in [0.4, 0.5) is 5.82 Å². The van der Waals surface area contributed by atoms with Gasteiger partial charge in [0.1, 0.15) is 11.3 Å².